The van der Waals surface area contributed by atoms with Crippen LogP contribution in [-0.4, -0.2) is 54.9 Å². The van der Waals surface area contributed by atoms with E-state index in [1.54, 1.807) is 17.0 Å². The average molecular weight is 412 g/mol. The Hall–Kier alpha value is -3.04. The Morgan fingerprint density at radius 1 is 1.17 bits per heavy atom. The van der Waals surface area contributed by atoms with Crippen molar-refractivity contribution >= 4 is 11.9 Å². The first-order valence-electron chi connectivity index (χ1n) is 8.93. The average Bonchev–Trinajstić information content (AvgIpc) is 3.23. The molecule has 0 unspecified atom stereocenters. The summed E-state index contributed by atoms with van der Waals surface area (Å²) in [6.45, 7) is 1.60. The molecule has 1 fully saturated rings. The van der Waals surface area contributed by atoms with E-state index in [1.807, 2.05) is 4.90 Å². The third kappa shape index (κ3) is 4.87. The number of hydrogen-bond acceptors (Lipinski definition) is 3. The van der Waals surface area contributed by atoms with Gasteiger partial charge >= 0.3 is 6.18 Å². The Kier molecular flexibility index (Phi) is 6.09. The summed E-state index contributed by atoms with van der Waals surface area (Å²) in [4.78, 5) is 19.9. The standard InChI is InChI=1S/C19H20F4N4O2/c1-24-18(25-12-13-4-5-14(20)11-15(13)19(21,22)23)27-8-6-26(7-9-27)17(28)16-3-2-10-29-16/h2-5,10-11H,6-9,12H2,1H3,(H,24,25). The van der Waals surface area contributed by atoms with E-state index in [9.17, 15) is 22.4 Å². The van der Waals surface area contributed by atoms with Gasteiger partial charge in [-0.05, 0) is 29.8 Å². The SMILES string of the molecule is CN=C(NCc1ccc(F)cc1C(F)(F)F)N1CCN(C(=O)c2ccco2)CC1. The van der Waals surface area contributed by atoms with Crippen LogP contribution >= 0.6 is 0 Å². The molecule has 1 aromatic carbocycles. The summed E-state index contributed by atoms with van der Waals surface area (Å²) in [6, 6.07) is 5.82. The van der Waals surface area contributed by atoms with E-state index in [-0.39, 0.29) is 23.8 Å². The van der Waals surface area contributed by atoms with Gasteiger partial charge in [0.15, 0.2) is 11.7 Å². The molecule has 6 nitrogen and oxygen atoms in total. The van der Waals surface area contributed by atoms with Crippen LogP contribution in [0.25, 0.3) is 0 Å². The molecule has 0 spiro atoms. The first-order chi connectivity index (χ1) is 13.8. The van der Waals surface area contributed by atoms with Crippen LogP contribution in [-0.2, 0) is 12.7 Å². The van der Waals surface area contributed by atoms with Crippen LogP contribution < -0.4 is 5.32 Å². The van der Waals surface area contributed by atoms with Crippen molar-refractivity contribution in [2.75, 3.05) is 33.2 Å². The quantitative estimate of drug-likeness (QED) is 0.479. The number of alkyl halides is 3. The molecule has 10 heteroatoms. The van der Waals surface area contributed by atoms with Crippen LogP contribution in [0.3, 0.4) is 0 Å². The molecule has 156 valence electrons. The highest BCUT2D eigenvalue weighted by atomic mass is 19.4. The van der Waals surface area contributed by atoms with Gasteiger partial charge < -0.3 is 19.5 Å². The molecule has 0 bridgehead atoms. The van der Waals surface area contributed by atoms with Crippen LogP contribution in [0.1, 0.15) is 21.7 Å². The number of halogens is 4. The van der Waals surface area contributed by atoms with Crippen molar-refractivity contribution in [3.8, 4) is 0 Å². The van der Waals surface area contributed by atoms with Gasteiger partial charge in [-0.25, -0.2) is 4.39 Å². The zero-order chi connectivity index (χ0) is 21.0. The number of nitrogens with zero attached hydrogens (tertiary/aromatic N) is 3. The number of amides is 1. The summed E-state index contributed by atoms with van der Waals surface area (Å²) < 4.78 is 57.8. The summed E-state index contributed by atoms with van der Waals surface area (Å²) in [6.07, 6.45) is -3.22. The number of benzene rings is 1. The van der Waals surface area contributed by atoms with Gasteiger partial charge in [-0.3, -0.25) is 9.79 Å². The lowest BCUT2D eigenvalue weighted by Crippen LogP contribution is -2.53. The number of nitrogens with one attached hydrogen (secondary N) is 1. The predicted molar refractivity (Wildman–Crippen MR) is 97.8 cm³/mol. The summed E-state index contributed by atoms with van der Waals surface area (Å²) >= 11 is 0. The Bertz CT molecular complexity index is 873. The topological polar surface area (TPSA) is 61.1 Å². The zero-order valence-electron chi connectivity index (χ0n) is 15.7. The van der Waals surface area contributed by atoms with Gasteiger partial charge in [0, 0.05) is 39.8 Å². The molecule has 1 N–H and O–H groups in total. The van der Waals surface area contributed by atoms with Gasteiger partial charge in [-0.15, -0.1) is 0 Å². The fourth-order valence-corrected chi connectivity index (χ4v) is 3.15. The molecule has 1 aliphatic heterocycles. The van der Waals surface area contributed by atoms with Crippen LogP contribution in [0.4, 0.5) is 17.6 Å². The van der Waals surface area contributed by atoms with Crippen molar-refractivity contribution < 1.29 is 26.8 Å². The maximum Gasteiger partial charge on any atom is 0.416 e. The molecule has 1 amide bonds. The minimum atomic E-state index is -4.65. The largest absolute Gasteiger partial charge is 0.459 e. The van der Waals surface area contributed by atoms with Gasteiger partial charge in [0.05, 0.1) is 11.8 Å². The maximum atomic E-state index is 13.2. The molecule has 2 aromatic rings. The molecule has 3 rings (SSSR count). The molecule has 29 heavy (non-hydrogen) atoms. The molecular weight excluding hydrogens is 392 g/mol. The lowest BCUT2D eigenvalue weighted by molar-refractivity contribution is -0.138. The smallest absolute Gasteiger partial charge is 0.416 e. The first kappa shape index (κ1) is 20.7. The van der Waals surface area contributed by atoms with Gasteiger partial charge in [0.1, 0.15) is 5.82 Å². The number of furan rings is 1. The van der Waals surface area contributed by atoms with Crippen LogP contribution in [0.15, 0.2) is 46.0 Å². The fourth-order valence-electron chi connectivity index (χ4n) is 3.15. The molecule has 0 saturated carbocycles. The Morgan fingerprint density at radius 3 is 2.45 bits per heavy atom. The highest BCUT2D eigenvalue weighted by Gasteiger charge is 2.34. The summed E-state index contributed by atoms with van der Waals surface area (Å²) in [7, 11) is 1.53. The van der Waals surface area contributed by atoms with Gasteiger partial charge in [-0.1, -0.05) is 6.07 Å². The second-order valence-corrected chi connectivity index (χ2v) is 6.46. The number of carbonyl (C=O) groups is 1. The molecule has 0 radical (unpaired) electrons. The third-order valence-electron chi connectivity index (χ3n) is 4.62. The minimum absolute atomic E-state index is 0.0771. The van der Waals surface area contributed by atoms with E-state index in [1.165, 1.54) is 13.3 Å². The lowest BCUT2D eigenvalue weighted by Gasteiger charge is -2.36. The highest BCUT2D eigenvalue weighted by molar-refractivity contribution is 5.91. The Labute approximate surface area is 164 Å². The summed E-state index contributed by atoms with van der Waals surface area (Å²) in [5, 5.41) is 2.89. The van der Waals surface area contributed by atoms with Crippen molar-refractivity contribution in [1.82, 2.24) is 15.1 Å². The lowest BCUT2D eigenvalue weighted by atomic mass is 10.1. The minimum Gasteiger partial charge on any atom is -0.459 e. The summed E-state index contributed by atoms with van der Waals surface area (Å²) in [5.74, 6) is -0.481. The van der Waals surface area contributed by atoms with Crippen LogP contribution in [0.5, 0.6) is 0 Å². The fraction of sp³-hybridized carbons (Fsp3) is 0.368. The predicted octanol–water partition coefficient (Wildman–Crippen LogP) is 2.97. The Balaban J connectivity index is 1.60. The van der Waals surface area contributed by atoms with E-state index in [0.29, 0.717) is 38.2 Å². The van der Waals surface area contributed by atoms with E-state index < -0.39 is 17.6 Å². The van der Waals surface area contributed by atoms with Crippen molar-refractivity contribution in [2.45, 2.75) is 12.7 Å². The number of piperazine rings is 1. The number of rotatable bonds is 3. The van der Waals surface area contributed by atoms with E-state index >= 15 is 0 Å². The van der Waals surface area contributed by atoms with Crippen molar-refractivity contribution in [3.05, 3.63) is 59.3 Å². The van der Waals surface area contributed by atoms with Crippen molar-refractivity contribution in [1.29, 1.82) is 0 Å². The first-order valence-corrected chi connectivity index (χ1v) is 8.93. The van der Waals surface area contributed by atoms with Gasteiger partial charge in [0.25, 0.3) is 5.91 Å². The van der Waals surface area contributed by atoms with Crippen molar-refractivity contribution in [3.63, 3.8) is 0 Å². The molecule has 1 saturated heterocycles. The van der Waals surface area contributed by atoms with E-state index in [2.05, 4.69) is 10.3 Å². The highest BCUT2D eigenvalue weighted by Crippen LogP contribution is 2.32. The van der Waals surface area contributed by atoms with Crippen LogP contribution in [0, 0.1) is 5.82 Å². The second kappa shape index (κ2) is 8.54. The monoisotopic (exact) mass is 412 g/mol. The zero-order valence-corrected chi connectivity index (χ0v) is 15.7. The third-order valence-corrected chi connectivity index (χ3v) is 4.62. The molecule has 1 aromatic heterocycles. The van der Waals surface area contributed by atoms with Gasteiger partial charge in [-0.2, -0.15) is 13.2 Å². The Morgan fingerprint density at radius 2 is 1.86 bits per heavy atom. The van der Waals surface area contributed by atoms with Gasteiger partial charge in [0.2, 0.25) is 0 Å². The molecular formula is C19H20F4N4O2. The van der Waals surface area contributed by atoms with Crippen LogP contribution in [0.2, 0.25) is 0 Å². The second-order valence-electron chi connectivity index (χ2n) is 6.46. The van der Waals surface area contributed by atoms with Crippen molar-refractivity contribution in [2.24, 2.45) is 4.99 Å². The molecule has 0 atom stereocenters. The van der Waals surface area contributed by atoms with E-state index in [4.69, 9.17) is 4.42 Å². The normalized spacial score (nSPS) is 15.6. The molecule has 1 aliphatic rings. The number of carbonyl (C=O) groups excluding carboxylic acids is 1. The molecule has 2 heterocycles. The molecule has 0 aliphatic carbocycles. The number of hydrogen-bond donors (Lipinski definition) is 1. The number of aliphatic imine (C=N–C) groups is 1. The summed E-state index contributed by atoms with van der Waals surface area (Å²) in [5.41, 5.74) is -1.10. The maximum absolute atomic E-state index is 13.2. The van der Waals surface area contributed by atoms with E-state index in [0.717, 1.165) is 12.1 Å². The number of guanidine groups is 1.